The van der Waals surface area contributed by atoms with Gasteiger partial charge < -0.3 is 4.74 Å². The Morgan fingerprint density at radius 2 is 2.00 bits per heavy atom. The van der Waals surface area contributed by atoms with Crippen LogP contribution in [-0.2, 0) is 14.3 Å². The van der Waals surface area contributed by atoms with Crippen molar-refractivity contribution in [3.8, 4) is 0 Å². The Labute approximate surface area is 91.5 Å². The molecular formula is C12H20O3. The van der Waals surface area contributed by atoms with Crippen LogP contribution < -0.4 is 0 Å². The highest BCUT2D eigenvalue weighted by atomic mass is 16.6. The summed E-state index contributed by atoms with van der Waals surface area (Å²) in [7, 11) is 0. The highest BCUT2D eigenvalue weighted by Crippen LogP contribution is 2.18. The molecule has 0 aliphatic rings. The summed E-state index contributed by atoms with van der Waals surface area (Å²) >= 11 is 0. The van der Waals surface area contributed by atoms with Gasteiger partial charge in [-0.05, 0) is 20.3 Å². The van der Waals surface area contributed by atoms with E-state index in [1.54, 1.807) is 19.9 Å². The van der Waals surface area contributed by atoms with Crippen LogP contribution in [0.3, 0.4) is 0 Å². The molecule has 0 aromatic heterocycles. The molecule has 0 aromatic rings. The van der Waals surface area contributed by atoms with E-state index in [0.29, 0.717) is 12.8 Å². The normalized spacial score (nSPS) is 13.1. The summed E-state index contributed by atoms with van der Waals surface area (Å²) < 4.78 is 5.08. The maximum absolute atomic E-state index is 11.5. The number of carbonyl (C=O) groups is 2. The van der Waals surface area contributed by atoms with E-state index in [0.717, 1.165) is 0 Å². The third-order valence-corrected chi connectivity index (χ3v) is 2.25. The highest BCUT2D eigenvalue weighted by Gasteiger charge is 2.23. The van der Waals surface area contributed by atoms with Crippen molar-refractivity contribution in [3.63, 3.8) is 0 Å². The molecule has 0 aliphatic heterocycles. The van der Waals surface area contributed by atoms with Gasteiger partial charge in [-0.25, -0.2) is 0 Å². The number of ketones is 1. The SMILES string of the molecule is C=CC(C)C(=O)CCC(C)(C)OC(C)=O. The van der Waals surface area contributed by atoms with Gasteiger partial charge in [0.25, 0.3) is 0 Å². The second-order valence-electron chi connectivity index (χ2n) is 4.34. The second-order valence-corrected chi connectivity index (χ2v) is 4.34. The summed E-state index contributed by atoms with van der Waals surface area (Å²) in [6.07, 6.45) is 2.58. The van der Waals surface area contributed by atoms with Crippen molar-refractivity contribution < 1.29 is 14.3 Å². The van der Waals surface area contributed by atoms with Crippen LogP contribution in [0.5, 0.6) is 0 Å². The van der Waals surface area contributed by atoms with Crippen LogP contribution >= 0.6 is 0 Å². The van der Waals surface area contributed by atoms with E-state index in [1.165, 1.54) is 6.92 Å². The lowest BCUT2D eigenvalue weighted by atomic mass is 9.95. The molecule has 15 heavy (non-hydrogen) atoms. The van der Waals surface area contributed by atoms with Crippen molar-refractivity contribution in [3.05, 3.63) is 12.7 Å². The molecule has 0 N–H and O–H groups in total. The summed E-state index contributed by atoms with van der Waals surface area (Å²) in [5.74, 6) is -0.312. The molecule has 0 fully saturated rings. The Hall–Kier alpha value is -1.12. The Kier molecular flexibility index (Phi) is 5.26. The number of rotatable bonds is 6. The van der Waals surface area contributed by atoms with E-state index in [-0.39, 0.29) is 17.7 Å². The Morgan fingerprint density at radius 1 is 1.47 bits per heavy atom. The number of Topliss-reactive ketones (excluding diaryl/α,β-unsaturated/α-hetero) is 1. The zero-order valence-corrected chi connectivity index (χ0v) is 10.0. The zero-order chi connectivity index (χ0) is 12.1. The third-order valence-electron chi connectivity index (χ3n) is 2.25. The monoisotopic (exact) mass is 212 g/mol. The van der Waals surface area contributed by atoms with Gasteiger partial charge in [-0.1, -0.05) is 13.0 Å². The molecule has 3 nitrogen and oxygen atoms in total. The van der Waals surface area contributed by atoms with Gasteiger partial charge in [0.2, 0.25) is 0 Å². The molecule has 0 saturated carbocycles. The predicted molar refractivity (Wildman–Crippen MR) is 59.4 cm³/mol. The second kappa shape index (κ2) is 5.69. The number of hydrogen-bond acceptors (Lipinski definition) is 3. The molecule has 1 atom stereocenters. The van der Waals surface area contributed by atoms with Crippen molar-refractivity contribution >= 4 is 11.8 Å². The molecule has 0 aromatic carbocycles. The molecule has 0 bridgehead atoms. The summed E-state index contributed by atoms with van der Waals surface area (Å²) in [5.41, 5.74) is -0.567. The minimum absolute atomic E-state index is 0.127. The average Bonchev–Trinajstić information content (AvgIpc) is 2.11. The van der Waals surface area contributed by atoms with Crippen LogP contribution in [0.4, 0.5) is 0 Å². The first-order valence-electron chi connectivity index (χ1n) is 5.13. The number of ether oxygens (including phenoxy) is 1. The van der Waals surface area contributed by atoms with Gasteiger partial charge in [-0.15, -0.1) is 6.58 Å². The van der Waals surface area contributed by atoms with Gasteiger partial charge in [0, 0.05) is 19.3 Å². The fourth-order valence-electron chi connectivity index (χ4n) is 1.22. The van der Waals surface area contributed by atoms with Crippen molar-refractivity contribution in [2.24, 2.45) is 5.92 Å². The van der Waals surface area contributed by atoms with Crippen molar-refractivity contribution in [1.29, 1.82) is 0 Å². The molecule has 0 aliphatic carbocycles. The van der Waals surface area contributed by atoms with E-state index in [2.05, 4.69) is 6.58 Å². The minimum Gasteiger partial charge on any atom is -0.460 e. The fraction of sp³-hybridized carbons (Fsp3) is 0.667. The van der Waals surface area contributed by atoms with Crippen LogP contribution in [0.25, 0.3) is 0 Å². The van der Waals surface area contributed by atoms with E-state index in [4.69, 9.17) is 4.74 Å². The van der Waals surface area contributed by atoms with Crippen LogP contribution in [0.1, 0.15) is 40.5 Å². The lowest BCUT2D eigenvalue weighted by Gasteiger charge is -2.24. The number of esters is 1. The fourth-order valence-corrected chi connectivity index (χ4v) is 1.22. The Morgan fingerprint density at radius 3 is 2.40 bits per heavy atom. The van der Waals surface area contributed by atoms with E-state index >= 15 is 0 Å². The summed E-state index contributed by atoms with van der Waals surface area (Å²) in [5, 5.41) is 0. The lowest BCUT2D eigenvalue weighted by molar-refractivity contribution is -0.154. The summed E-state index contributed by atoms with van der Waals surface area (Å²) in [4.78, 5) is 22.3. The van der Waals surface area contributed by atoms with Crippen LogP contribution in [0, 0.1) is 5.92 Å². The molecule has 3 heteroatoms. The topological polar surface area (TPSA) is 43.4 Å². The average molecular weight is 212 g/mol. The molecule has 0 radical (unpaired) electrons. The standard InChI is InChI=1S/C12H20O3/c1-6-9(2)11(14)7-8-12(4,5)15-10(3)13/h6,9H,1,7-8H2,2-5H3. The lowest BCUT2D eigenvalue weighted by Crippen LogP contribution is -2.28. The molecule has 86 valence electrons. The van der Waals surface area contributed by atoms with Gasteiger partial charge in [0.1, 0.15) is 11.4 Å². The summed E-state index contributed by atoms with van der Waals surface area (Å²) in [6.45, 7) is 10.4. The van der Waals surface area contributed by atoms with E-state index < -0.39 is 5.60 Å². The first kappa shape index (κ1) is 13.9. The largest absolute Gasteiger partial charge is 0.460 e. The van der Waals surface area contributed by atoms with Gasteiger partial charge in [0.05, 0.1) is 0 Å². The van der Waals surface area contributed by atoms with Gasteiger partial charge in [-0.2, -0.15) is 0 Å². The number of carbonyl (C=O) groups excluding carboxylic acids is 2. The van der Waals surface area contributed by atoms with Crippen molar-refractivity contribution in [1.82, 2.24) is 0 Å². The third kappa shape index (κ3) is 6.05. The van der Waals surface area contributed by atoms with E-state index in [1.807, 2.05) is 6.92 Å². The first-order chi connectivity index (χ1) is 6.78. The maximum atomic E-state index is 11.5. The van der Waals surface area contributed by atoms with Gasteiger partial charge in [-0.3, -0.25) is 9.59 Å². The maximum Gasteiger partial charge on any atom is 0.303 e. The molecule has 1 unspecified atom stereocenters. The van der Waals surface area contributed by atoms with Gasteiger partial charge in [0.15, 0.2) is 0 Å². The first-order valence-corrected chi connectivity index (χ1v) is 5.13. The molecule has 0 rings (SSSR count). The number of allylic oxidation sites excluding steroid dienone is 1. The minimum atomic E-state index is -0.567. The quantitative estimate of drug-likeness (QED) is 0.502. The molecule has 0 spiro atoms. The molecular weight excluding hydrogens is 192 g/mol. The van der Waals surface area contributed by atoms with Crippen molar-refractivity contribution in [2.75, 3.05) is 0 Å². The number of hydrogen-bond donors (Lipinski definition) is 0. The Balaban J connectivity index is 4.08. The molecule has 0 heterocycles. The molecule has 0 amide bonds. The van der Waals surface area contributed by atoms with Crippen LogP contribution in [-0.4, -0.2) is 17.4 Å². The van der Waals surface area contributed by atoms with Crippen LogP contribution in [0.2, 0.25) is 0 Å². The highest BCUT2D eigenvalue weighted by molar-refractivity contribution is 5.82. The van der Waals surface area contributed by atoms with Crippen molar-refractivity contribution in [2.45, 2.75) is 46.1 Å². The smallest absolute Gasteiger partial charge is 0.303 e. The Bertz CT molecular complexity index is 254. The van der Waals surface area contributed by atoms with Gasteiger partial charge >= 0.3 is 5.97 Å². The summed E-state index contributed by atoms with van der Waals surface area (Å²) in [6, 6.07) is 0. The predicted octanol–water partition coefficient (Wildman–Crippen LogP) is 2.50. The molecule has 0 saturated heterocycles. The van der Waals surface area contributed by atoms with E-state index in [9.17, 15) is 9.59 Å². The van der Waals surface area contributed by atoms with Crippen LogP contribution in [0.15, 0.2) is 12.7 Å². The zero-order valence-electron chi connectivity index (χ0n) is 10.0.